The van der Waals surface area contributed by atoms with E-state index in [0.29, 0.717) is 6.61 Å². The highest BCUT2D eigenvalue weighted by molar-refractivity contribution is 6.00. The highest BCUT2D eigenvalue weighted by Crippen LogP contribution is 2.16. The molecule has 0 radical (unpaired) electrons. The van der Waals surface area contributed by atoms with E-state index in [9.17, 15) is 4.79 Å². The SMILES string of the molecule is C=C(C)COc1ccc(C(=O)C2CCCN2)cc1. The standard InChI is InChI=1S/C15H19NO2/c1-11(2)10-18-13-7-5-12(6-8-13)15(17)14-4-3-9-16-14/h5-8,14,16H,1,3-4,9-10H2,2H3. The van der Waals surface area contributed by atoms with Gasteiger partial charge < -0.3 is 10.1 Å². The lowest BCUT2D eigenvalue weighted by Crippen LogP contribution is -2.30. The van der Waals surface area contributed by atoms with Crippen molar-refractivity contribution in [2.45, 2.75) is 25.8 Å². The van der Waals surface area contributed by atoms with E-state index < -0.39 is 0 Å². The maximum atomic E-state index is 12.1. The highest BCUT2D eigenvalue weighted by Gasteiger charge is 2.22. The van der Waals surface area contributed by atoms with Gasteiger partial charge in [-0.1, -0.05) is 6.58 Å². The fraction of sp³-hybridized carbons (Fsp3) is 0.400. The van der Waals surface area contributed by atoms with Crippen LogP contribution < -0.4 is 10.1 Å². The molecular formula is C15H19NO2. The van der Waals surface area contributed by atoms with Gasteiger partial charge in [-0.3, -0.25) is 4.79 Å². The fourth-order valence-electron chi connectivity index (χ4n) is 2.03. The van der Waals surface area contributed by atoms with Crippen LogP contribution in [-0.4, -0.2) is 25.0 Å². The molecule has 1 unspecified atom stereocenters. The lowest BCUT2D eigenvalue weighted by atomic mass is 10.0. The quantitative estimate of drug-likeness (QED) is 0.640. The average Bonchev–Trinajstić information content (AvgIpc) is 2.90. The van der Waals surface area contributed by atoms with Crippen LogP contribution in [0.25, 0.3) is 0 Å². The van der Waals surface area contributed by atoms with E-state index in [1.165, 1.54) is 0 Å². The summed E-state index contributed by atoms with van der Waals surface area (Å²) in [5.41, 5.74) is 1.72. The summed E-state index contributed by atoms with van der Waals surface area (Å²) in [6.07, 6.45) is 2.02. The molecule has 1 N–H and O–H groups in total. The minimum absolute atomic E-state index is 0.00723. The summed E-state index contributed by atoms with van der Waals surface area (Å²) in [7, 11) is 0. The topological polar surface area (TPSA) is 38.3 Å². The van der Waals surface area contributed by atoms with Gasteiger partial charge in [0, 0.05) is 5.56 Å². The molecule has 1 heterocycles. The minimum atomic E-state index is -0.00723. The van der Waals surface area contributed by atoms with Crippen molar-refractivity contribution in [2.24, 2.45) is 0 Å². The zero-order valence-electron chi connectivity index (χ0n) is 10.7. The monoisotopic (exact) mass is 245 g/mol. The van der Waals surface area contributed by atoms with Crippen LogP contribution >= 0.6 is 0 Å². The molecule has 2 rings (SSSR count). The van der Waals surface area contributed by atoms with Crippen molar-refractivity contribution in [1.82, 2.24) is 5.32 Å². The van der Waals surface area contributed by atoms with Crippen LogP contribution in [0.5, 0.6) is 5.75 Å². The third-order valence-electron chi connectivity index (χ3n) is 3.00. The first-order valence-electron chi connectivity index (χ1n) is 6.31. The van der Waals surface area contributed by atoms with Crippen LogP contribution in [0.15, 0.2) is 36.4 Å². The molecule has 1 aliphatic rings. The Kier molecular flexibility index (Phi) is 4.15. The minimum Gasteiger partial charge on any atom is -0.489 e. The van der Waals surface area contributed by atoms with Crippen LogP contribution in [0.3, 0.4) is 0 Å². The number of ether oxygens (including phenoxy) is 1. The van der Waals surface area contributed by atoms with Crippen LogP contribution in [0.1, 0.15) is 30.1 Å². The predicted octanol–water partition coefficient (Wildman–Crippen LogP) is 2.58. The smallest absolute Gasteiger partial charge is 0.179 e. The van der Waals surface area contributed by atoms with Crippen molar-refractivity contribution in [1.29, 1.82) is 0 Å². The van der Waals surface area contributed by atoms with Crippen molar-refractivity contribution in [3.8, 4) is 5.75 Å². The van der Waals surface area contributed by atoms with E-state index in [0.717, 1.165) is 36.3 Å². The molecular weight excluding hydrogens is 226 g/mol. The molecule has 1 aliphatic heterocycles. The number of benzene rings is 1. The summed E-state index contributed by atoms with van der Waals surface area (Å²) in [5, 5.41) is 3.22. The predicted molar refractivity (Wildman–Crippen MR) is 72.1 cm³/mol. The largest absolute Gasteiger partial charge is 0.489 e. The number of Topliss-reactive ketones (excluding diaryl/α,β-unsaturated/α-hetero) is 1. The number of carbonyl (C=O) groups excluding carboxylic acids is 1. The van der Waals surface area contributed by atoms with Crippen molar-refractivity contribution >= 4 is 5.78 Å². The molecule has 0 aromatic heterocycles. The molecule has 96 valence electrons. The van der Waals surface area contributed by atoms with Gasteiger partial charge in [0.1, 0.15) is 12.4 Å². The third-order valence-corrected chi connectivity index (χ3v) is 3.00. The summed E-state index contributed by atoms with van der Waals surface area (Å²) in [4.78, 5) is 12.1. The number of ketones is 1. The molecule has 1 aromatic rings. The van der Waals surface area contributed by atoms with E-state index in [2.05, 4.69) is 11.9 Å². The second-order valence-corrected chi connectivity index (χ2v) is 4.78. The van der Waals surface area contributed by atoms with Gasteiger partial charge in [-0.2, -0.15) is 0 Å². The van der Waals surface area contributed by atoms with Crippen LogP contribution in [0.4, 0.5) is 0 Å². The summed E-state index contributed by atoms with van der Waals surface area (Å²) >= 11 is 0. The zero-order chi connectivity index (χ0) is 13.0. The average molecular weight is 245 g/mol. The fourth-order valence-corrected chi connectivity index (χ4v) is 2.03. The number of hydrogen-bond donors (Lipinski definition) is 1. The molecule has 0 saturated carbocycles. The molecule has 18 heavy (non-hydrogen) atoms. The molecule has 1 fully saturated rings. The normalized spacial score (nSPS) is 18.6. The Morgan fingerprint density at radius 2 is 2.17 bits per heavy atom. The number of hydrogen-bond acceptors (Lipinski definition) is 3. The van der Waals surface area contributed by atoms with Gasteiger partial charge >= 0.3 is 0 Å². The molecule has 1 atom stereocenters. The molecule has 0 bridgehead atoms. The van der Waals surface area contributed by atoms with Crippen molar-refractivity contribution < 1.29 is 9.53 Å². The first-order chi connectivity index (χ1) is 8.66. The zero-order valence-corrected chi connectivity index (χ0v) is 10.7. The number of nitrogens with one attached hydrogen (secondary N) is 1. The Hall–Kier alpha value is -1.61. The van der Waals surface area contributed by atoms with Crippen LogP contribution in [-0.2, 0) is 0 Å². The first-order valence-corrected chi connectivity index (χ1v) is 6.31. The Bertz CT molecular complexity index is 430. The van der Waals surface area contributed by atoms with Crippen LogP contribution in [0, 0.1) is 0 Å². The number of rotatable bonds is 5. The molecule has 1 aromatic carbocycles. The van der Waals surface area contributed by atoms with Gasteiger partial charge in [0.05, 0.1) is 6.04 Å². The second-order valence-electron chi connectivity index (χ2n) is 4.78. The molecule has 3 heteroatoms. The van der Waals surface area contributed by atoms with E-state index in [1.54, 1.807) is 0 Å². The van der Waals surface area contributed by atoms with Gasteiger partial charge in [-0.25, -0.2) is 0 Å². The Morgan fingerprint density at radius 1 is 1.44 bits per heavy atom. The molecule has 0 spiro atoms. The van der Waals surface area contributed by atoms with E-state index >= 15 is 0 Å². The second kappa shape index (κ2) is 5.83. The Morgan fingerprint density at radius 3 is 2.72 bits per heavy atom. The van der Waals surface area contributed by atoms with Crippen molar-refractivity contribution in [3.05, 3.63) is 42.0 Å². The van der Waals surface area contributed by atoms with E-state index in [-0.39, 0.29) is 11.8 Å². The van der Waals surface area contributed by atoms with Crippen LogP contribution in [0.2, 0.25) is 0 Å². The summed E-state index contributed by atoms with van der Waals surface area (Å²) < 4.78 is 5.50. The first kappa shape index (κ1) is 12.8. The summed E-state index contributed by atoms with van der Waals surface area (Å²) in [5.74, 6) is 0.952. The summed E-state index contributed by atoms with van der Waals surface area (Å²) in [6.45, 7) is 7.15. The van der Waals surface area contributed by atoms with Gasteiger partial charge in [0.2, 0.25) is 0 Å². The molecule has 1 saturated heterocycles. The van der Waals surface area contributed by atoms with Gasteiger partial charge in [-0.15, -0.1) is 0 Å². The van der Waals surface area contributed by atoms with Gasteiger partial charge in [0.15, 0.2) is 5.78 Å². The molecule has 0 amide bonds. The molecule has 0 aliphatic carbocycles. The Labute approximate surface area is 108 Å². The van der Waals surface area contributed by atoms with Crippen molar-refractivity contribution in [2.75, 3.05) is 13.2 Å². The van der Waals surface area contributed by atoms with E-state index in [1.807, 2.05) is 31.2 Å². The lowest BCUT2D eigenvalue weighted by Gasteiger charge is -2.10. The maximum absolute atomic E-state index is 12.1. The third kappa shape index (κ3) is 3.20. The van der Waals surface area contributed by atoms with E-state index in [4.69, 9.17) is 4.74 Å². The Balaban J connectivity index is 1.98. The number of carbonyl (C=O) groups is 1. The van der Waals surface area contributed by atoms with Gasteiger partial charge in [-0.05, 0) is 56.1 Å². The van der Waals surface area contributed by atoms with Crippen molar-refractivity contribution in [3.63, 3.8) is 0 Å². The lowest BCUT2D eigenvalue weighted by molar-refractivity contribution is 0.0952. The highest BCUT2D eigenvalue weighted by atomic mass is 16.5. The maximum Gasteiger partial charge on any atom is 0.179 e. The van der Waals surface area contributed by atoms with Gasteiger partial charge in [0.25, 0.3) is 0 Å². The molecule has 3 nitrogen and oxygen atoms in total. The summed E-state index contributed by atoms with van der Waals surface area (Å²) in [6, 6.07) is 7.33.